The lowest BCUT2D eigenvalue weighted by molar-refractivity contribution is -0.136. The second-order valence-electron chi connectivity index (χ2n) is 6.39. The first-order valence-corrected chi connectivity index (χ1v) is 8.91. The maximum atomic E-state index is 13.2. The van der Waals surface area contributed by atoms with E-state index in [0.29, 0.717) is 11.7 Å². The van der Waals surface area contributed by atoms with Gasteiger partial charge in [0.2, 0.25) is 5.91 Å². The molecule has 6 heteroatoms. The van der Waals surface area contributed by atoms with E-state index in [9.17, 15) is 9.18 Å². The van der Waals surface area contributed by atoms with Crippen molar-refractivity contribution in [3.63, 3.8) is 0 Å². The van der Waals surface area contributed by atoms with Gasteiger partial charge in [0.25, 0.3) is 0 Å². The molecular formula is C21H20ClFN2O2. The fraction of sp³-hybridized carbons (Fsp3) is 0.238. The topological polar surface area (TPSA) is 42.4 Å². The molecule has 0 aliphatic rings. The van der Waals surface area contributed by atoms with Gasteiger partial charge in [-0.1, -0.05) is 41.9 Å². The third-order valence-electron chi connectivity index (χ3n) is 4.34. The first-order chi connectivity index (χ1) is 13.0. The van der Waals surface area contributed by atoms with E-state index in [0.717, 1.165) is 27.6 Å². The van der Waals surface area contributed by atoms with Gasteiger partial charge < -0.3 is 9.64 Å². The molecule has 4 nitrogen and oxygen atoms in total. The Morgan fingerprint density at radius 3 is 2.63 bits per heavy atom. The van der Waals surface area contributed by atoms with E-state index in [2.05, 4.69) is 4.98 Å². The molecular weight excluding hydrogens is 367 g/mol. The van der Waals surface area contributed by atoms with Gasteiger partial charge in [0.1, 0.15) is 17.6 Å². The second kappa shape index (κ2) is 8.46. The van der Waals surface area contributed by atoms with Crippen molar-refractivity contribution in [3.05, 3.63) is 76.2 Å². The summed E-state index contributed by atoms with van der Waals surface area (Å²) in [6, 6.07) is 13.9. The first kappa shape index (κ1) is 19.3. The van der Waals surface area contributed by atoms with Crippen molar-refractivity contribution in [3.8, 4) is 0 Å². The first-order valence-electron chi connectivity index (χ1n) is 8.54. The Bertz CT molecular complexity index is 960. The molecule has 0 radical (unpaired) electrons. The summed E-state index contributed by atoms with van der Waals surface area (Å²) < 4.78 is 18.2. The van der Waals surface area contributed by atoms with E-state index in [1.165, 1.54) is 19.2 Å². The molecule has 1 aromatic heterocycles. The lowest BCUT2D eigenvalue weighted by Crippen LogP contribution is -2.33. The van der Waals surface area contributed by atoms with Crippen LogP contribution in [0.15, 0.2) is 48.5 Å². The van der Waals surface area contributed by atoms with Gasteiger partial charge in [0.05, 0.1) is 5.52 Å². The monoisotopic (exact) mass is 386 g/mol. The number of para-hydroxylation sites is 1. The molecule has 0 N–H and O–H groups in total. The van der Waals surface area contributed by atoms with Crippen molar-refractivity contribution in [2.24, 2.45) is 0 Å². The number of pyridine rings is 1. The van der Waals surface area contributed by atoms with Crippen LogP contribution >= 0.6 is 11.6 Å². The summed E-state index contributed by atoms with van der Waals surface area (Å²) in [6.45, 7) is 2.55. The zero-order chi connectivity index (χ0) is 19.4. The molecule has 3 aromatic rings. The summed E-state index contributed by atoms with van der Waals surface area (Å²) >= 11 is 6.39. The lowest BCUT2D eigenvalue weighted by Gasteiger charge is -2.23. The standard InChI is InChI=1S/C21H20ClFN2O2/c1-14-4-3-5-16-10-17(21(22)24-20(14)16)12-25(19(26)13-27-2)11-15-6-8-18(23)9-7-15/h3-10H,11-13H2,1-2H3. The smallest absolute Gasteiger partial charge is 0.249 e. The van der Waals surface area contributed by atoms with Crippen LogP contribution in [-0.2, 0) is 22.6 Å². The Kier molecular flexibility index (Phi) is 6.04. The summed E-state index contributed by atoms with van der Waals surface area (Å²) in [7, 11) is 1.47. The fourth-order valence-corrected chi connectivity index (χ4v) is 3.14. The van der Waals surface area contributed by atoms with Gasteiger partial charge in [0, 0.05) is 31.1 Å². The number of hydrogen-bond donors (Lipinski definition) is 0. The van der Waals surface area contributed by atoms with Gasteiger partial charge in [-0.25, -0.2) is 9.37 Å². The zero-order valence-corrected chi connectivity index (χ0v) is 16.0. The average Bonchev–Trinajstić information content (AvgIpc) is 2.64. The van der Waals surface area contributed by atoms with E-state index in [-0.39, 0.29) is 24.9 Å². The second-order valence-corrected chi connectivity index (χ2v) is 6.75. The molecule has 27 heavy (non-hydrogen) atoms. The van der Waals surface area contributed by atoms with Crippen LogP contribution < -0.4 is 0 Å². The number of methoxy groups -OCH3 is 1. The highest BCUT2D eigenvalue weighted by molar-refractivity contribution is 6.30. The van der Waals surface area contributed by atoms with E-state index in [4.69, 9.17) is 16.3 Å². The van der Waals surface area contributed by atoms with Crippen LogP contribution in [-0.4, -0.2) is 29.5 Å². The predicted molar refractivity (Wildman–Crippen MR) is 104 cm³/mol. The van der Waals surface area contributed by atoms with Crippen LogP contribution in [0, 0.1) is 12.7 Å². The minimum Gasteiger partial charge on any atom is -0.375 e. The molecule has 0 aliphatic carbocycles. The molecule has 0 bridgehead atoms. The van der Waals surface area contributed by atoms with Crippen LogP contribution in [0.4, 0.5) is 4.39 Å². The molecule has 0 aliphatic heterocycles. The fourth-order valence-electron chi connectivity index (χ4n) is 2.94. The molecule has 0 saturated heterocycles. The number of fused-ring (bicyclic) bond motifs is 1. The van der Waals surface area contributed by atoms with E-state index >= 15 is 0 Å². The van der Waals surface area contributed by atoms with E-state index in [1.807, 2.05) is 31.2 Å². The molecule has 0 unspecified atom stereocenters. The van der Waals surface area contributed by atoms with E-state index < -0.39 is 0 Å². The third kappa shape index (κ3) is 4.62. The number of aryl methyl sites for hydroxylation is 1. The molecule has 0 atom stereocenters. The zero-order valence-electron chi connectivity index (χ0n) is 15.2. The molecule has 0 spiro atoms. The summed E-state index contributed by atoms with van der Waals surface area (Å²) in [5, 5.41) is 1.33. The molecule has 0 fully saturated rings. The van der Waals surface area contributed by atoms with Gasteiger partial charge in [0.15, 0.2) is 0 Å². The number of amides is 1. The largest absolute Gasteiger partial charge is 0.375 e. The number of carbonyl (C=O) groups is 1. The number of nitrogens with zero attached hydrogens (tertiary/aromatic N) is 2. The van der Waals surface area contributed by atoms with Crippen molar-refractivity contribution in [2.75, 3.05) is 13.7 Å². The Balaban J connectivity index is 1.91. The number of ether oxygens (including phenoxy) is 1. The quantitative estimate of drug-likeness (QED) is 0.585. The summed E-state index contributed by atoms with van der Waals surface area (Å²) in [5.41, 5.74) is 3.46. The third-order valence-corrected chi connectivity index (χ3v) is 4.67. The highest BCUT2D eigenvalue weighted by Gasteiger charge is 2.17. The summed E-state index contributed by atoms with van der Waals surface area (Å²) in [6.07, 6.45) is 0. The Hall–Kier alpha value is -2.50. The van der Waals surface area contributed by atoms with Crippen molar-refractivity contribution < 1.29 is 13.9 Å². The van der Waals surface area contributed by atoms with Gasteiger partial charge >= 0.3 is 0 Å². The molecule has 2 aromatic carbocycles. The average molecular weight is 387 g/mol. The molecule has 1 heterocycles. The van der Waals surface area contributed by atoms with Crippen molar-refractivity contribution >= 4 is 28.4 Å². The van der Waals surface area contributed by atoms with Crippen molar-refractivity contribution in [1.29, 1.82) is 0 Å². The van der Waals surface area contributed by atoms with Crippen LogP contribution in [0.5, 0.6) is 0 Å². The summed E-state index contributed by atoms with van der Waals surface area (Å²) in [4.78, 5) is 18.6. The minimum absolute atomic E-state index is 0.0427. The van der Waals surface area contributed by atoms with Crippen LogP contribution in [0.2, 0.25) is 5.15 Å². The molecule has 0 saturated carbocycles. The number of halogens is 2. The molecule has 3 rings (SSSR count). The number of rotatable bonds is 6. The number of aromatic nitrogens is 1. The number of benzene rings is 2. The summed E-state index contributed by atoms with van der Waals surface area (Å²) in [5.74, 6) is -0.493. The number of carbonyl (C=O) groups excluding carboxylic acids is 1. The van der Waals surface area contributed by atoms with Gasteiger partial charge in [-0.05, 0) is 36.2 Å². The normalized spacial score (nSPS) is 11.0. The van der Waals surface area contributed by atoms with Gasteiger partial charge in [-0.15, -0.1) is 0 Å². The Morgan fingerprint density at radius 2 is 1.93 bits per heavy atom. The maximum Gasteiger partial charge on any atom is 0.249 e. The predicted octanol–water partition coefficient (Wildman–Crippen LogP) is 4.51. The Labute approximate surface area is 162 Å². The highest BCUT2D eigenvalue weighted by Crippen LogP contribution is 2.24. The highest BCUT2D eigenvalue weighted by atomic mass is 35.5. The van der Waals surface area contributed by atoms with Crippen molar-refractivity contribution in [2.45, 2.75) is 20.0 Å². The molecule has 140 valence electrons. The minimum atomic E-state index is -0.314. The number of hydrogen-bond acceptors (Lipinski definition) is 3. The van der Waals surface area contributed by atoms with Crippen LogP contribution in [0.3, 0.4) is 0 Å². The maximum absolute atomic E-state index is 13.2. The van der Waals surface area contributed by atoms with E-state index in [1.54, 1.807) is 17.0 Å². The van der Waals surface area contributed by atoms with Crippen LogP contribution in [0.25, 0.3) is 10.9 Å². The lowest BCUT2D eigenvalue weighted by atomic mass is 10.1. The Morgan fingerprint density at radius 1 is 1.19 bits per heavy atom. The van der Waals surface area contributed by atoms with Gasteiger partial charge in [-0.3, -0.25) is 4.79 Å². The molecule has 1 amide bonds. The van der Waals surface area contributed by atoms with Crippen LogP contribution in [0.1, 0.15) is 16.7 Å². The SMILES string of the molecule is COCC(=O)N(Cc1ccc(F)cc1)Cc1cc2cccc(C)c2nc1Cl. The van der Waals surface area contributed by atoms with Gasteiger partial charge in [-0.2, -0.15) is 0 Å². The van der Waals surface area contributed by atoms with Crippen molar-refractivity contribution in [1.82, 2.24) is 9.88 Å².